The lowest BCUT2D eigenvalue weighted by Gasteiger charge is -2.14. The number of nitrogens with one attached hydrogen (secondary N) is 1. The molecule has 1 aromatic carbocycles. The summed E-state index contributed by atoms with van der Waals surface area (Å²) in [5, 5.41) is 8.49. The minimum absolute atomic E-state index is 0.189. The number of hydrogen-bond acceptors (Lipinski definition) is 8. The van der Waals surface area contributed by atoms with E-state index in [1.807, 2.05) is 30.3 Å². The lowest BCUT2D eigenvalue weighted by molar-refractivity contribution is -0.123. The van der Waals surface area contributed by atoms with Crippen LogP contribution in [0.15, 0.2) is 40.2 Å². The molecule has 0 saturated heterocycles. The number of rotatable bonds is 7. The van der Waals surface area contributed by atoms with Crippen molar-refractivity contribution in [3.05, 3.63) is 58.3 Å². The van der Waals surface area contributed by atoms with Gasteiger partial charge in [-0.2, -0.15) is 0 Å². The molecular weight excluding hydrogens is 420 g/mol. The summed E-state index contributed by atoms with van der Waals surface area (Å²) < 4.78 is 15.4. The monoisotopic (exact) mass is 442 g/mol. The summed E-state index contributed by atoms with van der Waals surface area (Å²) in [5.41, 5.74) is 2.30. The molecule has 31 heavy (non-hydrogen) atoms. The maximum absolute atomic E-state index is 12.7. The van der Waals surface area contributed by atoms with Crippen LogP contribution in [0.25, 0.3) is 11.1 Å². The van der Waals surface area contributed by atoms with Crippen molar-refractivity contribution >= 4 is 34.2 Å². The van der Waals surface area contributed by atoms with Crippen molar-refractivity contribution in [1.29, 1.82) is 0 Å². The molecule has 8 nitrogen and oxygen atoms in total. The Morgan fingerprint density at radius 3 is 2.45 bits per heavy atom. The molecule has 0 aliphatic heterocycles. The average Bonchev–Trinajstić information content (AvgIpc) is 3.31. The van der Waals surface area contributed by atoms with Crippen molar-refractivity contribution in [2.75, 3.05) is 11.9 Å². The first kappa shape index (κ1) is 22.2. The van der Waals surface area contributed by atoms with Crippen LogP contribution in [0.5, 0.6) is 0 Å². The highest BCUT2D eigenvalue weighted by atomic mass is 32.1. The molecule has 9 heteroatoms. The molecule has 0 saturated carbocycles. The predicted molar refractivity (Wildman–Crippen MR) is 115 cm³/mol. The number of carbonyl (C=O) groups excluding carboxylic acids is 3. The van der Waals surface area contributed by atoms with Crippen molar-refractivity contribution in [3.63, 3.8) is 0 Å². The summed E-state index contributed by atoms with van der Waals surface area (Å²) in [5.74, 6) is -1.52. The molecule has 0 radical (unpaired) electrons. The number of carbonyl (C=O) groups is 3. The van der Waals surface area contributed by atoms with Gasteiger partial charge in [-0.15, -0.1) is 11.3 Å². The Bertz CT molecular complexity index is 1080. The van der Waals surface area contributed by atoms with Gasteiger partial charge in [0.2, 0.25) is 0 Å². The molecule has 0 spiro atoms. The number of anilines is 1. The highest BCUT2D eigenvalue weighted by Gasteiger charge is 2.27. The lowest BCUT2D eigenvalue weighted by atomic mass is 10.0. The number of benzene rings is 1. The third-order valence-electron chi connectivity index (χ3n) is 4.48. The van der Waals surface area contributed by atoms with Gasteiger partial charge >= 0.3 is 11.9 Å². The number of thiophene rings is 1. The van der Waals surface area contributed by atoms with E-state index in [4.69, 9.17) is 14.0 Å². The van der Waals surface area contributed by atoms with E-state index in [9.17, 15) is 14.4 Å². The molecule has 0 fully saturated rings. The Kier molecular flexibility index (Phi) is 6.86. The summed E-state index contributed by atoms with van der Waals surface area (Å²) in [6, 6.07) is 9.32. The fourth-order valence-corrected chi connectivity index (χ4v) is 3.91. The maximum atomic E-state index is 12.7. The van der Waals surface area contributed by atoms with E-state index in [-0.39, 0.29) is 17.7 Å². The Morgan fingerprint density at radius 1 is 1.13 bits per heavy atom. The summed E-state index contributed by atoms with van der Waals surface area (Å²) in [4.78, 5) is 37.7. The first-order valence-electron chi connectivity index (χ1n) is 9.62. The van der Waals surface area contributed by atoms with Gasteiger partial charge in [-0.25, -0.2) is 9.59 Å². The molecule has 0 aliphatic carbocycles. The number of hydrogen-bond donors (Lipinski definition) is 1. The average molecular weight is 442 g/mol. The van der Waals surface area contributed by atoms with Gasteiger partial charge in [0.25, 0.3) is 5.91 Å². The SMILES string of the molecule is CCOC(=O)c1c(-c2ccccc2)csc1NC(=O)C(C)OC(=O)c1c(C)noc1C. The second-order valence-corrected chi connectivity index (χ2v) is 7.56. The van der Waals surface area contributed by atoms with E-state index < -0.39 is 23.9 Å². The minimum atomic E-state index is -1.11. The highest BCUT2D eigenvalue weighted by Crippen LogP contribution is 2.36. The maximum Gasteiger partial charge on any atom is 0.344 e. The molecule has 3 rings (SSSR count). The number of esters is 2. The van der Waals surface area contributed by atoms with Gasteiger partial charge in [-0.3, -0.25) is 4.79 Å². The summed E-state index contributed by atoms with van der Waals surface area (Å²) >= 11 is 1.19. The summed E-state index contributed by atoms with van der Waals surface area (Å²) in [6.45, 7) is 6.55. The van der Waals surface area contributed by atoms with Crippen molar-refractivity contribution in [1.82, 2.24) is 5.16 Å². The van der Waals surface area contributed by atoms with Crippen LogP contribution < -0.4 is 5.32 Å². The second-order valence-electron chi connectivity index (χ2n) is 6.68. The van der Waals surface area contributed by atoms with Crippen LogP contribution in [-0.2, 0) is 14.3 Å². The first-order valence-corrected chi connectivity index (χ1v) is 10.5. The molecule has 1 unspecified atom stereocenters. The Labute approximate surface area is 183 Å². The number of aryl methyl sites for hydroxylation is 2. The smallest absolute Gasteiger partial charge is 0.344 e. The molecule has 1 amide bonds. The molecule has 0 bridgehead atoms. The summed E-state index contributed by atoms with van der Waals surface area (Å²) in [7, 11) is 0. The van der Waals surface area contributed by atoms with Crippen LogP contribution >= 0.6 is 11.3 Å². The number of ether oxygens (including phenoxy) is 2. The van der Waals surface area contributed by atoms with Crippen LogP contribution in [0.4, 0.5) is 5.00 Å². The Hall–Kier alpha value is -3.46. The fourth-order valence-electron chi connectivity index (χ4n) is 2.95. The molecule has 2 heterocycles. The third-order valence-corrected chi connectivity index (χ3v) is 5.38. The molecule has 0 aliphatic rings. The van der Waals surface area contributed by atoms with Crippen LogP contribution in [0, 0.1) is 13.8 Å². The van der Waals surface area contributed by atoms with E-state index in [0.717, 1.165) is 5.56 Å². The zero-order chi connectivity index (χ0) is 22.5. The molecule has 2 aromatic heterocycles. The van der Waals surface area contributed by atoms with E-state index in [1.54, 1.807) is 26.2 Å². The van der Waals surface area contributed by atoms with E-state index in [1.165, 1.54) is 18.3 Å². The number of aromatic nitrogens is 1. The van der Waals surface area contributed by atoms with Gasteiger partial charge in [0.1, 0.15) is 21.9 Å². The second kappa shape index (κ2) is 9.57. The quantitative estimate of drug-likeness (QED) is 0.541. The van der Waals surface area contributed by atoms with Crippen molar-refractivity contribution in [2.24, 2.45) is 0 Å². The van der Waals surface area contributed by atoms with Gasteiger partial charge in [-0.05, 0) is 33.3 Å². The molecule has 1 N–H and O–H groups in total. The van der Waals surface area contributed by atoms with Crippen molar-refractivity contribution in [3.8, 4) is 11.1 Å². The Balaban J connectivity index is 1.81. The van der Waals surface area contributed by atoms with Crippen LogP contribution in [0.3, 0.4) is 0 Å². The van der Waals surface area contributed by atoms with Gasteiger partial charge in [-0.1, -0.05) is 35.5 Å². The van der Waals surface area contributed by atoms with Crippen molar-refractivity contribution in [2.45, 2.75) is 33.8 Å². The molecule has 3 aromatic rings. The fraction of sp³-hybridized carbons (Fsp3) is 0.273. The largest absolute Gasteiger partial charge is 0.462 e. The van der Waals surface area contributed by atoms with Gasteiger partial charge in [0.15, 0.2) is 6.10 Å². The highest BCUT2D eigenvalue weighted by molar-refractivity contribution is 7.15. The van der Waals surface area contributed by atoms with E-state index in [2.05, 4.69) is 10.5 Å². The van der Waals surface area contributed by atoms with E-state index in [0.29, 0.717) is 22.0 Å². The standard InChI is InChI=1S/C22H22N2O6S/c1-5-28-21(26)18-16(15-9-7-6-8-10-15)11-31-20(18)23-19(25)14(4)29-22(27)17-12(2)24-30-13(17)3/h6-11,14H,5H2,1-4H3,(H,23,25). The lowest BCUT2D eigenvalue weighted by Crippen LogP contribution is -2.30. The molecule has 1 atom stereocenters. The molecular formula is C22H22N2O6S. The summed E-state index contributed by atoms with van der Waals surface area (Å²) in [6.07, 6.45) is -1.11. The van der Waals surface area contributed by atoms with Crippen LogP contribution in [-0.4, -0.2) is 35.7 Å². The predicted octanol–water partition coefficient (Wildman–Crippen LogP) is 4.38. The topological polar surface area (TPSA) is 108 Å². The van der Waals surface area contributed by atoms with Crippen LogP contribution in [0.2, 0.25) is 0 Å². The van der Waals surface area contributed by atoms with Gasteiger partial charge < -0.3 is 19.3 Å². The third kappa shape index (κ3) is 4.83. The molecule has 162 valence electrons. The normalized spacial score (nSPS) is 11.6. The van der Waals surface area contributed by atoms with Gasteiger partial charge in [0, 0.05) is 10.9 Å². The van der Waals surface area contributed by atoms with E-state index >= 15 is 0 Å². The first-order chi connectivity index (χ1) is 14.8. The zero-order valence-corrected chi connectivity index (χ0v) is 18.4. The minimum Gasteiger partial charge on any atom is -0.462 e. The number of nitrogens with zero attached hydrogens (tertiary/aromatic N) is 1. The van der Waals surface area contributed by atoms with Gasteiger partial charge in [0.05, 0.1) is 12.3 Å². The zero-order valence-electron chi connectivity index (χ0n) is 17.6. The Morgan fingerprint density at radius 2 is 1.84 bits per heavy atom. The van der Waals surface area contributed by atoms with Crippen molar-refractivity contribution < 1.29 is 28.4 Å². The number of amides is 1. The van der Waals surface area contributed by atoms with Crippen LogP contribution in [0.1, 0.15) is 46.0 Å².